The lowest BCUT2D eigenvalue weighted by atomic mass is 10.2. The summed E-state index contributed by atoms with van der Waals surface area (Å²) in [7, 11) is 0. The molecule has 0 spiro atoms. The van der Waals surface area contributed by atoms with Crippen molar-refractivity contribution in [3.63, 3.8) is 0 Å². The summed E-state index contributed by atoms with van der Waals surface area (Å²) in [4.78, 5) is 16.1. The minimum absolute atomic E-state index is 0.118. The third kappa shape index (κ3) is 3.69. The summed E-state index contributed by atoms with van der Waals surface area (Å²) >= 11 is 5.86. The molecular formula is C16H12ClFN4O2. The highest BCUT2D eigenvalue weighted by atomic mass is 35.5. The number of halogens is 2. The highest BCUT2D eigenvalue weighted by Crippen LogP contribution is 2.23. The van der Waals surface area contributed by atoms with Crippen LogP contribution in [0.25, 0.3) is 11.4 Å². The molecule has 0 aliphatic heterocycles. The van der Waals surface area contributed by atoms with Crippen LogP contribution in [0.2, 0.25) is 5.02 Å². The zero-order chi connectivity index (χ0) is 17.1. The molecule has 3 aromatic rings. The van der Waals surface area contributed by atoms with Crippen molar-refractivity contribution in [1.29, 1.82) is 0 Å². The topological polar surface area (TPSA) is 80.0 Å². The van der Waals surface area contributed by atoms with Gasteiger partial charge in [-0.3, -0.25) is 0 Å². The molecule has 0 saturated carbocycles. The van der Waals surface area contributed by atoms with Gasteiger partial charge in [-0.1, -0.05) is 16.8 Å². The monoisotopic (exact) mass is 346 g/mol. The Balaban J connectivity index is 1.66. The van der Waals surface area contributed by atoms with Crippen molar-refractivity contribution in [1.82, 2.24) is 10.1 Å². The number of aromatic nitrogens is 2. The van der Waals surface area contributed by atoms with Gasteiger partial charge in [0.05, 0.1) is 10.7 Å². The second kappa shape index (κ2) is 6.67. The fraction of sp³-hybridized carbons (Fsp3) is 0.0625. The number of hydrogen-bond donors (Lipinski definition) is 2. The van der Waals surface area contributed by atoms with Crippen LogP contribution in [-0.2, 0) is 0 Å². The molecule has 0 fully saturated rings. The second-order valence-electron chi connectivity index (χ2n) is 4.92. The number of rotatable bonds is 3. The van der Waals surface area contributed by atoms with Crippen LogP contribution < -0.4 is 10.6 Å². The largest absolute Gasteiger partial charge is 0.339 e. The number of urea groups is 1. The molecule has 0 saturated heterocycles. The quantitative estimate of drug-likeness (QED) is 0.732. The third-order valence-corrected chi connectivity index (χ3v) is 3.42. The Kier molecular flexibility index (Phi) is 4.43. The van der Waals surface area contributed by atoms with E-state index in [1.807, 2.05) is 0 Å². The predicted octanol–water partition coefficient (Wildman–Crippen LogP) is 4.48. The van der Waals surface area contributed by atoms with E-state index < -0.39 is 11.8 Å². The average Bonchev–Trinajstić information content (AvgIpc) is 2.97. The fourth-order valence-corrected chi connectivity index (χ4v) is 2.21. The number of anilines is 2. The summed E-state index contributed by atoms with van der Waals surface area (Å²) in [6.07, 6.45) is 0. The summed E-state index contributed by atoms with van der Waals surface area (Å²) in [5.41, 5.74) is 1.64. The van der Waals surface area contributed by atoms with E-state index in [0.717, 1.165) is 11.6 Å². The zero-order valence-corrected chi connectivity index (χ0v) is 13.3. The lowest BCUT2D eigenvalue weighted by Crippen LogP contribution is -2.19. The van der Waals surface area contributed by atoms with Gasteiger partial charge in [-0.2, -0.15) is 4.98 Å². The Labute approximate surface area is 141 Å². The number of nitrogens with one attached hydrogen (secondary N) is 2. The Morgan fingerprint density at radius 3 is 2.54 bits per heavy atom. The maximum atomic E-state index is 13.0. The minimum Gasteiger partial charge on any atom is -0.339 e. The molecule has 8 heteroatoms. The van der Waals surface area contributed by atoms with E-state index in [9.17, 15) is 9.18 Å². The van der Waals surface area contributed by atoms with Crippen molar-refractivity contribution in [2.75, 3.05) is 10.6 Å². The molecule has 1 heterocycles. The molecule has 2 aromatic carbocycles. The molecule has 3 rings (SSSR count). The molecule has 24 heavy (non-hydrogen) atoms. The van der Waals surface area contributed by atoms with E-state index >= 15 is 0 Å². The SMILES string of the molecule is Cc1nc(-c2ccc(NC(=O)Nc3ccc(F)cc3Cl)cc2)no1. The normalized spacial score (nSPS) is 10.5. The van der Waals surface area contributed by atoms with Crippen molar-refractivity contribution in [3.8, 4) is 11.4 Å². The van der Waals surface area contributed by atoms with E-state index in [4.69, 9.17) is 16.1 Å². The molecule has 2 amide bonds. The summed E-state index contributed by atoms with van der Waals surface area (Å²) in [5, 5.41) is 9.13. The van der Waals surface area contributed by atoms with E-state index in [1.165, 1.54) is 12.1 Å². The highest BCUT2D eigenvalue weighted by Gasteiger charge is 2.08. The number of carbonyl (C=O) groups is 1. The Bertz CT molecular complexity index is 880. The first-order valence-corrected chi connectivity index (χ1v) is 7.33. The summed E-state index contributed by atoms with van der Waals surface area (Å²) in [6, 6.07) is 10.1. The molecule has 0 unspecified atom stereocenters. The number of nitrogens with zero attached hydrogens (tertiary/aromatic N) is 2. The van der Waals surface area contributed by atoms with Gasteiger partial charge in [0.1, 0.15) is 5.82 Å². The standard InChI is InChI=1S/C16H12ClFN4O2/c1-9-19-15(22-24-9)10-2-5-12(6-3-10)20-16(23)21-14-7-4-11(18)8-13(14)17/h2-8H,1H3,(H2,20,21,23). The van der Waals surface area contributed by atoms with E-state index in [1.54, 1.807) is 31.2 Å². The molecule has 6 nitrogen and oxygen atoms in total. The third-order valence-electron chi connectivity index (χ3n) is 3.11. The van der Waals surface area contributed by atoms with Crippen LogP contribution in [0, 0.1) is 12.7 Å². The summed E-state index contributed by atoms with van der Waals surface area (Å²) in [6.45, 7) is 1.71. The summed E-state index contributed by atoms with van der Waals surface area (Å²) < 4.78 is 17.9. The van der Waals surface area contributed by atoms with Crippen molar-refractivity contribution in [2.24, 2.45) is 0 Å². The molecule has 0 atom stereocenters. The zero-order valence-electron chi connectivity index (χ0n) is 12.5. The van der Waals surface area contributed by atoms with Gasteiger partial charge in [-0.05, 0) is 42.5 Å². The number of amides is 2. The van der Waals surface area contributed by atoms with Crippen molar-refractivity contribution in [2.45, 2.75) is 6.92 Å². The van der Waals surface area contributed by atoms with Crippen LogP contribution in [0.15, 0.2) is 47.0 Å². The van der Waals surface area contributed by atoms with Gasteiger partial charge in [0.15, 0.2) is 0 Å². The molecule has 0 aliphatic rings. The van der Waals surface area contributed by atoms with Gasteiger partial charge in [0, 0.05) is 18.2 Å². The van der Waals surface area contributed by atoms with Crippen molar-refractivity contribution >= 4 is 29.0 Å². The summed E-state index contributed by atoms with van der Waals surface area (Å²) in [5.74, 6) is 0.475. The maximum absolute atomic E-state index is 13.0. The van der Waals surface area contributed by atoms with Crippen LogP contribution in [0.1, 0.15) is 5.89 Å². The fourth-order valence-electron chi connectivity index (χ4n) is 1.99. The lowest BCUT2D eigenvalue weighted by molar-refractivity contribution is 0.262. The Morgan fingerprint density at radius 1 is 1.17 bits per heavy atom. The van der Waals surface area contributed by atoms with Gasteiger partial charge < -0.3 is 15.2 Å². The average molecular weight is 347 g/mol. The Hall–Kier alpha value is -2.93. The van der Waals surface area contributed by atoms with E-state index in [-0.39, 0.29) is 5.02 Å². The second-order valence-corrected chi connectivity index (χ2v) is 5.32. The van der Waals surface area contributed by atoms with Crippen LogP contribution in [0.4, 0.5) is 20.6 Å². The lowest BCUT2D eigenvalue weighted by Gasteiger charge is -2.09. The molecule has 0 radical (unpaired) electrons. The number of benzene rings is 2. The van der Waals surface area contributed by atoms with Crippen LogP contribution in [0.5, 0.6) is 0 Å². The van der Waals surface area contributed by atoms with Crippen LogP contribution >= 0.6 is 11.6 Å². The molecule has 2 N–H and O–H groups in total. The predicted molar refractivity (Wildman–Crippen MR) is 88.5 cm³/mol. The molecule has 122 valence electrons. The molecular weight excluding hydrogens is 335 g/mol. The maximum Gasteiger partial charge on any atom is 0.323 e. The van der Waals surface area contributed by atoms with Crippen molar-refractivity contribution < 1.29 is 13.7 Å². The smallest absolute Gasteiger partial charge is 0.323 e. The highest BCUT2D eigenvalue weighted by molar-refractivity contribution is 6.33. The number of aryl methyl sites for hydroxylation is 1. The van der Waals surface area contributed by atoms with Crippen molar-refractivity contribution in [3.05, 3.63) is 59.2 Å². The van der Waals surface area contributed by atoms with Gasteiger partial charge in [0.2, 0.25) is 11.7 Å². The Morgan fingerprint density at radius 2 is 1.92 bits per heavy atom. The first kappa shape index (κ1) is 15.9. The van der Waals surface area contributed by atoms with Gasteiger partial charge >= 0.3 is 6.03 Å². The van der Waals surface area contributed by atoms with E-state index in [0.29, 0.717) is 23.1 Å². The molecule has 0 bridgehead atoms. The van der Waals surface area contributed by atoms with Crippen LogP contribution in [-0.4, -0.2) is 16.2 Å². The number of carbonyl (C=O) groups excluding carboxylic acids is 1. The van der Waals surface area contributed by atoms with E-state index in [2.05, 4.69) is 20.8 Å². The van der Waals surface area contributed by atoms with Crippen LogP contribution in [0.3, 0.4) is 0 Å². The minimum atomic E-state index is -0.494. The molecule has 0 aliphatic carbocycles. The van der Waals surface area contributed by atoms with Gasteiger partial charge in [-0.15, -0.1) is 0 Å². The first-order valence-electron chi connectivity index (χ1n) is 6.95. The van der Waals surface area contributed by atoms with Gasteiger partial charge in [-0.25, -0.2) is 9.18 Å². The molecule has 1 aromatic heterocycles. The van der Waals surface area contributed by atoms with Gasteiger partial charge in [0.25, 0.3) is 0 Å². The first-order chi connectivity index (χ1) is 11.5. The number of hydrogen-bond acceptors (Lipinski definition) is 4.